The second kappa shape index (κ2) is 5.16. The standard InChI is InChI=1S/C14H16N2O4S/c15-21(18,19)9-11-6-14(17)16(8-11)7-10-1-2-13-12(5-10)3-4-20-13/h1-5,11H,6-9H2,(H2,15,18,19). The van der Waals surface area contributed by atoms with Crippen LogP contribution in [0.2, 0.25) is 0 Å². The van der Waals surface area contributed by atoms with E-state index < -0.39 is 10.0 Å². The van der Waals surface area contributed by atoms with Crippen molar-refractivity contribution in [2.45, 2.75) is 13.0 Å². The van der Waals surface area contributed by atoms with Crippen LogP contribution in [0.15, 0.2) is 34.9 Å². The number of furan rings is 1. The van der Waals surface area contributed by atoms with Crippen LogP contribution in [-0.2, 0) is 21.4 Å². The minimum absolute atomic E-state index is 0.0315. The van der Waals surface area contributed by atoms with Gasteiger partial charge in [0.2, 0.25) is 15.9 Å². The Morgan fingerprint density at radius 1 is 1.33 bits per heavy atom. The molecule has 1 aliphatic heterocycles. The number of fused-ring (bicyclic) bond motifs is 1. The molecule has 1 fully saturated rings. The fourth-order valence-electron chi connectivity index (χ4n) is 2.78. The molecule has 2 aromatic rings. The Labute approximate surface area is 122 Å². The van der Waals surface area contributed by atoms with E-state index in [-0.39, 0.29) is 24.0 Å². The molecule has 0 aliphatic carbocycles. The van der Waals surface area contributed by atoms with Crippen molar-refractivity contribution in [3.05, 3.63) is 36.1 Å². The van der Waals surface area contributed by atoms with Gasteiger partial charge in [-0.05, 0) is 23.8 Å². The van der Waals surface area contributed by atoms with Crippen LogP contribution in [0, 0.1) is 5.92 Å². The van der Waals surface area contributed by atoms with Crippen LogP contribution in [0.1, 0.15) is 12.0 Å². The average Bonchev–Trinajstić information content (AvgIpc) is 2.94. The summed E-state index contributed by atoms with van der Waals surface area (Å²) in [5.41, 5.74) is 1.80. The van der Waals surface area contributed by atoms with Crippen molar-refractivity contribution in [1.82, 2.24) is 4.90 Å². The summed E-state index contributed by atoms with van der Waals surface area (Å²) in [4.78, 5) is 13.6. The fourth-order valence-corrected chi connectivity index (χ4v) is 3.66. The van der Waals surface area contributed by atoms with E-state index in [4.69, 9.17) is 9.56 Å². The molecule has 6 nitrogen and oxygen atoms in total. The topological polar surface area (TPSA) is 93.6 Å². The summed E-state index contributed by atoms with van der Waals surface area (Å²) in [7, 11) is -3.54. The van der Waals surface area contributed by atoms with Gasteiger partial charge in [0.05, 0.1) is 12.0 Å². The van der Waals surface area contributed by atoms with Crippen molar-refractivity contribution in [3.8, 4) is 0 Å². The SMILES string of the molecule is NS(=O)(=O)CC1CC(=O)N(Cc2ccc3occc3c2)C1. The first-order chi connectivity index (χ1) is 9.90. The Balaban J connectivity index is 1.71. The van der Waals surface area contributed by atoms with E-state index >= 15 is 0 Å². The van der Waals surface area contributed by atoms with E-state index in [1.807, 2.05) is 24.3 Å². The van der Waals surface area contributed by atoms with Crippen molar-refractivity contribution in [3.63, 3.8) is 0 Å². The number of likely N-dealkylation sites (tertiary alicyclic amines) is 1. The lowest BCUT2D eigenvalue weighted by atomic mass is 10.1. The molecule has 0 bridgehead atoms. The van der Waals surface area contributed by atoms with Crippen LogP contribution in [0.3, 0.4) is 0 Å². The van der Waals surface area contributed by atoms with E-state index in [1.54, 1.807) is 11.2 Å². The highest BCUT2D eigenvalue weighted by atomic mass is 32.2. The highest BCUT2D eigenvalue weighted by molar-refractivity contribution is 7.89. The molecule has 0 saturated carbocycles. The molecule has 1 aromatic heterocycles. The average molecular weight is 308 g/mol. The summed E-state index contributed by atoms with van der Waals surface area (Å²) in [5, 5.41) is 6.03. The second-order valence-electron chi connectivity index (χ2n) is 5.47. The maximum atomic E-state index is 12.0. The van der Waals surface area contributed by atoms with Gasteiger partial charge in [0.25, 0.3) is 0 Å². The van der Waals surface area contributed by atoms with E-state index in [0.717, 1.165) is 16.5 Å². The summed E-state index contributed by atoms with van der Waals surface area (Å²) in [6, 6.07) is 7.62. The number of carbonyl (C=O) groups is 1. The van der Waals surface area contributed by atoms with Gasteiger partial charge < -0.3 is 9.32 Å². The first kappa shape index (κ1) is 14.1. The van der Waals surface area contributed by atoms with Gasteiger partial charge in [-0.3, -0.25) is 4.79 Å². The summed E-state index contributed by atoms with van der Waals surface area (Å²) in [6.45, 7) is 0.903. The van der Waals surface area contributed by atoms with Crippen LogP contribution in [-0.4, -0.2) is 31.5 Å². The highest BCUT2D eigenvalue weighted by Crippen LogP contribution is 2.23. The maximum absolute atomic E-state index is 12.0. The van der Waals surface area contributed by atoms with Crippen molar-refractivity contribution in [2.75, 3.05) is 12.3 Å². The van der Waals surface area contributed by atoms with Crippen LogP contribution >= 0.6 is 0 Å². The summed E-state index contributed by atoms with van der Waals surface area (Å²) in [5.74, 6) is -0.392. The van der Waals surface area contributed by atoms with Gasteiger partial charge in [-0.1, -0.05) is 6.07 Å². The largest absolute Gasteiger partial charge is 0.464 e. The van der Waals surface area contributed by atoms with E-state index in [1.165, 1.54) is 0 Å². The molecule has 0 radical (unpaired) electrons. The first-order valence-electron chi connectivity index (χ1n) is 6.65. The summed E-state index contributed by atoms with van der Waals surface area (Å²) in [6.07, 6.45) is 1.86. The molecule has 2 N–H and O–H groups in total. The molecular weight excluding hydrogens is 292 g/mol. The molecule has 1 aromatic carbocycles. The van der Waals surface area contributed by atoms with Gasteiger partial charge in [-0.15, -0.1) is 0 Å². The monoisotopic (exact) mass is 308 g/mol. The third kappa shape index (κ3) is 3.25. The smallest absolute Gasteiger partial charge is 0.223 e. The molecule has 2 heterocycles. The number of hydrogen-bond donors (Lipinski definition) is 1. The van der Waals surface area contributed by atoms with Crippen molar-refractivity contribution in [2.24, 2.45) is 11.1 Å². The van der Waals surface area contributed by atoms with Crippen molar-refractivity contribution >= 4 is 26.9 Å². The summed E-state index contributed by atoms with van der Waals surface area (Å²) < 4.78 is 27.5. The number of benzene rings is 1. The zero-order valence-electron chi connectivity index (χ0n) is 11.4. The number of rotatable bonds is 4. The molecule has 1 saturated heterocycles. The Bertz CT molecular complexity index is 781. The third-order valence-electron chi connectivity index (χ3n) is 3.65. The zero-order valence-corrected chi connectivity index (χ0v) is 12.2. The van der Waals surface area contributed by atoms with Gasteiger partial charge in [0.15, 0.2) is 0 Å². The zero-order chi connectivity index (χ0) is 15.0. The van der Waals surface area contributed by atoms with E-state index in [0.29, 0.717) is 13.1 Å². The molecule has 21 heavy (non-hydrogen) atoms. The second-order valence-corrected chi connectivity index (χ2v) is 7.13. The van der Waals surface area contributed by atoms with Gasteiger partial charge >= 0.3 is 0 Å². The number of carbonyl (C=O) groups excluding carboxylic acids is 1. The lowest BCUT2D eigenvalue weighted by Crippen LogP contribution is -2.27. The molecular formula is C14H16N2O4S. The van der Waals surface area contributed by atoms with Gasteiger partial charge in [-0.2, -0.15) is 0 Å². The Kier molecular flexibility index (Phi) is 3.46. The molecule has 1 unspecified atom stereocenters. The van der Waals surface area contributed by atoms with E-state index in [9.17, 15) is 13.2 Å². The third-order valence-corrected chi connectivity index (χ3v) is 4.59. The normalized spacial score (nSPS) is 19.6. The van der Waals surface area contributed by atoms with Crippen molar-refractivity contribution < 1.29 is 17.6 Å². The molecule has 1 atom stereocenters. The highest BCUT2D eigenvalue weighted by Gasteiger charge is 2.31. The predicted molar refractivity (Wildman–Crippen MR) is 77.7 cm³/mol. The molecule has 1 aliphatic rings. The molecule has 0 spiro atoms. The lowest BCUT2D eigenvalue weighted by Gasteiger charge is -2.16. The van der Waals surface area contributed by atoms with Crippen LogP contribution in [0.4, 0.5) is 0 Å². The van der Waals surface area contributed by atoms with Crippen LogP contribution in [0.25, 0.3) is 11.0 Å². The minimum Gasteiger partial charge on any atom is -0.464 e. The van der Waals surface area contributed by atoms with Gasteiger partial charge in [0, 0.05) is 30.8 Å². The fraction of sp³-hybridized carbons (Fsp3) is 0.357. The van der Waals surface area contributed by atoms with Gasteiger partial charge in [0.1, 0.15) is 5.58 Å². The Morgan fingerprint density at radius 2 is 2.14 bits per heavy atom. The van der Waals surface area contributed by atoms with Crippen LogP contribution in [0.5, 0.6) is 0 Å². The summed E-state index contributed by atoms with van der Waals surface area (Å²) >= 11 is 0. The Hall–Kier alpha value is -1.86. The number of primary sulfonamides is 1. The first-order valence-corrected chi connectivity index (χ1v) is 8.37. The van der Waals surface area contributed by atoms with Crippen molar-refractivity contribution in [1.29, 1.82) is 0 Å². The molecule has 1 amide bonds. The van der Waals surface area contributed by atoms with E-state index in [2.05, 4.69) is 0 Å². The molecule has 7 heteroatoms. The molecule has 112 valence electrons. The quantitative estimate of drug-likeness (QED) is 0.914. The number of sulfonamides is 1. The number of nitrogens with zero attached hydrogens (tertiary/aromatic N) is 1. The van der Waals surface area contributed by atoms with Crippen LogP contribution < -0.4 is 5.14 Å². The minimum atomic E-state index is -3.54. The Morgan fingerprint density at radius 3 is 2.90 bits per heavy atom. The predicted octanol–water partition coefficient (Wildman–Crippen LogP) is 1.07. The van der Waals surface area contributed by atoms with Gasteiger partial charge in [-0.25, -0.2) is 13.6 Å². The number of hydrogen-bond acceptors (Lipinski definition) is 4. The lowest BCUT2D eigenvalue weighted by molar-refractivity contribution is -0.128. The number of nitrogens with two attached hydrogens (primary N) is 1. The molecule has 3 rings (SSSR count). The number of amides is 1. The maximum Gasteiger partial charge on any atom is 0.223 e.